The van der Waals surface area contributed by atoms with Crippen LogP contribution in [0.2, 0.25) is 0 Å². The van der Waals surface area contributed by atoms with Gasteiger partial charge in [-0.15, -0.1) is 0 Å². The van der Waals surface area contributed by atoms with Crippen molar-refractivity contribution in [3.8, 4) is 0 Å². The van der Waals surface area contributed by atoms with Gasteiger partial charge >= 0.3 is 11.9 Å². The number of carbonyl (C=O) groups excluding carboxylic acids is 4. The lowest BCUT2D eigenvalue weighted by molar-refractivity contribution is -0.141. The smallest absolute Gasteiger partial charge is 0.332 e. The van der Waals surface area contributed by atoms with Crippen molar-refractivity contribution in [3.05, 3.63) is 235 Å². The van der Waals surface area contributed by atoms with Gasteiger partial charge in [0.15, 0.2) is 11.6 Å². The first-order valence-corrected chi connectivity index (χ1v) is 27.6. The summed E-state index contributed by atoms with van der Waals surface area (Å²) in [6, 6.07) is 47.8. The number of oxime groups is 2. The molecule has 0 unspecified atom stereocenters. The van der Waals surface area contributed by atoms with E-state index in [4.69, 9.17) is 19.1 Å². The molecule has 0 spiro atoms. The van der Waals surface area contributed by atoms with Crippen LogP contribution in [0.25, 0.3) is 43.6 Å². The minimum absolute atomic E-state index is 0.0401. The third-order valence-electron chi connectivity index (χ3n) is 15.2. The number of hydrogen-bond donors (Lipinski definition) is 0. The van der Waals surface area contributed by atoms with Crippen LogP contribution in [0.3, 0.4) is 0 Å². The fraction of sp³-hybridized carbons (Fsp3) is 0.229. The van der Waals surface area contributed by atoms with Gasteiger partial charge in [0, 0.05) is 115 Å². The minimum atomic E-state index is -0.524. The summed E-state index contributed by atoms with van der Waals surface area (Å²) in [6.45, 7) is 21.2. The summed E-state index contributed by atoms with van der Waals surface area (Å²) in [5.74, 6) is -1.13. The predicted molar refractivity (Wildman–Crippen MR) is 326 cm³/mol. The quantitative estimate of drug-likeness (QED) is 0.0256. The Bertz CT molecular complexity index is 3950. The zero-order valence-electron chi connectivity index (χ0n) is 48.2. The van der Waals surface area contributed by atoms with Crippen molar-refractivity contribution in [2.45, 2.75) is 82.3 Å². The van der Waals surface area contributed by atoms with E-state index >= 15 is 0 Å². The van der Waals surface area contributed by atoms with E-state index in [2.05, 4.69) is 31.6 Å². The highest BCUT2D eigenvalue weighted by Gasteiger charge is 2.23. The third-order valence-corrected chi connectivity index (χ3v) is 15.2. The highest BCUT2D eigenvalue weighted by Crippen LogP contribution is 2.35. The molecule has 414 valence electrons. The van der Waals surface area contributed by atoms with Gasteiger partial charge in [0.05, 0.1) is 26.4 Å². The molecule has 0 N–H and O–H groups in total. The number of fused-ring (bicyclic) bond motifs is 6. The highest BCUT2D eigenvalue weighted by molar-refractivity contribution is 6.21. The van der Waals surface area contributed by atoms with E-state index in [9.17, 15) is 19.2 Å². The fourth-order valence-corrected chi connectivity index (χ4v) is 11.7. The Morgan fingerprint density at radius 1 is 0.378 bits per heavy atom. The molecule has 82 heavy (non-hydrogen) atoms. The molecule has 10 aromatic rings. The van der Waals surface area contributed by atoms with Gasteiger partial charge in [-0.3, -0.25) is 9.59 Å². The minimum Gasteiger partial charge on any atom is -0.377 e. The average Bonchev–Trinajstić information content (AvgIpc) is 4.17. The Morgan fingerprint density at radius 2 is 0.695 bits per heavy atom. The number of nitrogens with zero attached hydrogens (tertiary/aromatic N) is 4. The molecule has 2 heterocycles. The maximum Gasteiger partial charge on any atom is 0.332 e. The Morgan fingerprint density at radius 3 is 1.02 bits per heavy atom. The lowest BCUT2D eigenvalue weighted by atomic mass is 9.92. The number of hydrogen-bond acceptors (Lipinski definition) is 10. The molecule has 0 saturated heterocycles. The van der Waals surface area contributed by atoms with E-state index in [1.165, 1.54) is 13.8 Å². The molecule has 10 rings (SSSR count). The highest BCUT2D eigenvalue weighted by atomic mass is 16.7. The molecule has 0 bridgehead atoms. The Labute approximate surface area is 477 Å². The summed E-state index contributed by atoms with van der Waals surface area (Å²) >= 11 is 0. The molecule has 2 aromatic heterocycles. The van der Waals surface area contributed by atoms with Gasteiger partial charge in [-0.2, -0.15) is 0 Å². The summed E-state index contributed by atoms with van der Waals surface area (Å²) in [5, 5.41) is 12.3. The number of benzene rings is 8. The molecular weight excluding hydrogens is 1020 g/mol. The first-order valence-electron chi connectivity index (χ1n) is 27.6. The number of rotatable bonds is 19. The maximum absolute atomic E-state index is 14.3. The average molecular weight is 1090 g/mol. The number of ether oxygens (including phenoxy) is 2. The van der Waals surface area contributed by atoms with Gasteiger partial charge < -0.3 is 28.3 Å². The second-order valence-corrected chi connectivity index (χ2v) is 21.3. The van der Waals surface area contributed by atoms with Crippen LogP contribution in [0.4, 0.5) is 0 Å². The van der Waals surface area contributed by atoms with Crippen LogP contribution >= 0.6 is 0 Å². The molecule has 0 amide bonds. The lowest BCUT2D eigenvalue weighted by Gasteiger charge is -2.12. The Hall–Kier alpha value is -9.10. The molecule has 0 aliphatic heterocycles. The summed E-state index contributed by atoms with van der Waals surface area (Å²) in [5.41, 5.74) is 18.4. The molecule has 0 fully saturated rings. The zero-order chi connectivity index (χ0) is 57.9. The lowest BCUT2D eigenvalue weighted by Crippen LogP contribution is -2.12. The SMILES string of the molecule is CC(=O)ON=C(c1ccc2c(c1)c1cc(C(=O)c3c(C)cc(C)cc3C)ccc1n2CCOCCOCCn1c2ccc(C(=O)c3c(C)cc(C)cc3C)cc2c2cc(C(=NOC(C)=O)c3ccccc3C)ccc21)c1ccccc1C. The Kier molecular flexibility index (Phi) is 16.4. The van der Waals surface area contributed by atoms with Crippen molar-refractivity contribution in [1.29, 1.82) is 0 Å². The third kappa shape index (κ3) is 11.5. The monoisotopic (exact) mass is 1090 g/mol. The molecular formula is C70H66N4O8. The molecule has 0 aliphatic carbocycles. The predicted octanol–water partition coefficient (Wildman–Crippen LogP) is 14.2. The normalized spacial score (nSPS) is 12.0. The number of aromatic nitrogens is 2. The largest absolute Gasteiger partial charge is 0.377 e. The standard InChI is InChI=1S/C70H66N4O8/c1-41-33-45(5)65(46(6)34-41)69(77)53-21-25-63-59(39-53)57-37-51(67(71-81-49(9)75)55-17-13-11-15-43(55)3)19-23-61(57)73(63)27-29-79-31-32-80-30-28-74-62-24-20-52(68(72-82-50(10)76)56-18-14-12-16-44(56)4)38-58(62)60-40-54(22-26-64(60)74)70(78)66-47(7)35-42(2)36-48(66)8/h11-26,33-40H,27-32H2,1-10H3. The van der Waals surface area contributed by atoms with E-state index in [1.54, 1.807) is 0 Å². The van der Waals surface area contributed by atoms with Crippen LogP contribution in [-0.4, -0.2) is 70.5 Å². The summed E-state index contributed by atoms with van der Waals surface area (Å²) in [7, 11) is 0. The zero-order valence-corrected chi connectivity index (χ0v) is 48.2. The summed E-state index contributed by atoms with van der Waals surface area (Å²) in [6.07, 6.45) is 0. The fourth-order valence-electron chi connectivity index (χ4n) is 11.7. The molecule has 0 radical (unpaired) electrons. The first kappa shape index (κ1) is 56.2. The van der Waals surface area contributed by atoms with E-state index in [0.717, 1.165) is 110 Å². The summed E-state index contributed by atoms with van der Waals surface area (Å²) < 4.78 is 17.0. The summed E-state index contributed by atoms with van der Waals surface area (Å²) in [4.78, 5) is 63.4. The molecule has 0 atom stereocenters. The van der Waals surface area contributed by atoms with Crippen molar-refractivity contribution < 1.29 is 38.3 Å². The number of ketones is 2. The van der Waals surface area contributed by atoms with Crippen molar-refractivity contribution in [2.75, 3.05) is 26.4 Å². The van der Waals surface area contributed by atoms with Crippen LogP contribution in [0, 0.1) is 55.4 Å². The number of aryl methyl sites for hydroxylation is 8. The molecule has 8 aromatic carbocycles. The van der Waals surface area contributed by atoms with E-state index < -0.39 is 11.9 Å². The molecule has 0 aliphatic rings. The van der Waals surface area contributed by atoms with Crippen LogP contribution in [0.5, 0.6) is 0 Å². The topological polar surface area (TPSA) is 140 Å². The van der Waals surface area contributed by atoms with Gasteiger partial charge in [0.2, 0.25) is 0 Å². The molecule has 0 saturated carbocycles. The van der Waals surface area contributed by atoms with Crippen molar-refractivity contribution in [2.24, 2.45) is 10.3 Å². The molecule has 12 nitrogen and oxygen atoms in total. The maximum atomic E-state index is 14.3. The van der Waals surface area contributed by atoms with Gasteiger partial charge in [0.25, 0.3) is 0 Å². The van der Waals surface area contributed by atoms with Gasteiger partial charge in [-0.05, 0) is 149 Å². The van der Waals surface area contributed by atoms with Crippen molar-refractivity contribution >= 4 is 78.5 Å². The second kappa shape index (κ2) is 23.9. The van der Waals surface area contributed by atoms with Crippen molar-refractivity contribution in [3.63, 3.8) is 0 Å². The van der Waals surface area contributed by atoms with Crippen LogP contribution in [0.1, 0.15) is 112 Å². The van der Waals surface area contributed by atoms with E-state index in [-0.39, 0.29) is 11.6 Å². The van der Waals surface area contributed by atoms with Crippen LogP contribution in [0.15, 0.2) is 156 Å². The van der Waals surface area contributed by atoms with E-state index in [0.29, 0.717) is 73.2 Å². The number of carbonyl (C=O) groups is 4. The van der Waals surface area contributed by atoms with Gasteiger partial charge in [-0.1, -0.05) is 106 Å². The van der Waals surface area contributed by atoms with Crippen LogP contribution < -0.4 is 0 Å². The molecule has 12 heteroatoms. The Balaban J connectivity index is 0.903. The van der Waals surface area contributed by atoms with Crippen LogP contribution in [-0.2, 0) is 41.8 Å². The van der Waals surface area contributed by atoms with E-state index in [1.807, 2.05) is 189 Å². The van der Waals surface area contributed by atoms with Crippen molar-refractivity contribution in [1.82, 2.24) is 9.13 Å². The van der Waals surface area contributed by atoms with Gasteiger partial charge in [-0.25, -0.2) is 9.59 Å². The second-order valence-electron chi connectivity index (χ2n) is 21.3. The first-order chi connectivity index (χ1) is 39.5. The van der Waals surface area contributed by atoms with Gasteiger partial charge in [0.1, 0.15) is 11.4 Å².